The largest absolute Gasteiger partial charge is 0.378 e. The highest BCUT2D eigenvalue weighted by Gasteiger charge is 2.34. The van der Waals surface area contributed by atoms with E-state index in [4.69, 9.17) is 4.74 Å². The predicted octanol–water partition coefficient (Wildman–Crippen LogP) is 4.60. The van der Waals surface area contributed by atoms with Crippen LogP contribution in [-0.2, 0) is 4.74 Å². The van der Waals surface area contributed by atoms with Gasteiger partial charge >= 0.3 is 0 Å². The summed E-state index contributed by atoms with van der Waals surface area (Å²) in [7, 11) is 2.04. The summed E-state index contributed by atoms with van der Waals surface area (Å²) in [6.07, 6.45) is 2.57. The molecular formula is C15H21Br2NO. The van der Waals surface area contributed by atoms with Gasteiger partial charge in [0.25, 0.3) is 0 Å². The van der Waals surface area contributed by atoms with E-state index in [2.05, 4.69) is 63.2 Å². The lowest BCUT2D eigenvalue weighted by molar-refractivity contribution is 0.0782. The summed E-state index contributed by atoms with van der Waals surface area (Å²) in [5.74, 6) is 0.543. The summed E-state index contributed by atoms with van der Waals surface area (Å²) in [6.45, 7) is 5.20. The van der Waals surface area contributed by atoms with Gasteiger partial charge < -0.3 is 10.1 Å². The Bertz CT molecular complexity index is 450. The van der Waals surface area contributed by atoms with E-state index in [0.29, 0.717) is 18.1 Å². The van der Waals surface area contributed by atoms with E-state index in [9.17, 15) is 0 Å². The van der Waals surface area contributed by atoms with E-state index in [1.807, 2.05) is 7.05 Å². The molecule has 0 aliphatic carbocycles. The van der Waals surface area contributed by atoms with Crippen molar-refractivity contribution in [3.63, 3.8) is 0 Å². The molecule has 3 atom stereocenters. The van der Waals surface area contributed by atoms with E-state index < -0.39 is 0 Å². The van der Waals surface area contributed by atoms with Crippen molar-refractivity contribution in [2.24, 2.45) is 5.92 Å². The van der Waals surface area contributed by atoms with Gasteiger partial charge in [0.15, 0.2) is 0 Å². The molecule has 3 unspecified atom stereocenters. The zero-order valence-electron chi connectivity index (χ0n) is 11.7. The molecule has 1 aromatic rings. The van der Waals surface area contributed by atoms with E-state index in [1.165, 1.54) is 15.6 Å². The lowest BCUT2D eigenvalue weighted by Gasteiger charge is -2.28. The quantitative estimate of drug-likeness (QED) is 0.811. The molecule has 1 fully saturated rings. The van der Waals surface area contributed by atoms with Gasteiger partial charge in [-0.05, 0) is 50.1 Å². The third-order valence-corrected chi connectivity index (χ3v) is 5.56. The lowest BCUT2D eigenvalue weighted by Crippen LogP contribution is -2.31. The fourth-order valence-electron chi connectivity index (χ4n) is 2.97. The maximum Gasteiger partial charge on any atom is 0.0619 e. The maximum atomic E-state index is 5.85. The lowest BCUT2D eigenvalue weighted by atomic mass is 9.86. The monoisotopic (exact) mass is 389 g/mol. The van der Waals surface area contributed by atoms with Gasteiger partial charge in [0.05, 0.1) is 6.10 Å². The van der Waals surface area contributed by atoms with Crippen LogP contribution in [-0.4, -0.2) is 19.8 Å². The smallest absolute Gasteiger partial charge is 0.0619 e. The number of halogens is 2. The van der Waals surface area contributed by atoms with Crippen LogP contribution in [0.25, 0.3) is 0 Å². The number of hydrogen-bond donors (Lipinski definition) is 1. The Balaban J connectivity index is 2.34. The van der Waals surface area contributed by atoms with Crippen molar-refractivity contribution < 1.29 is 4.74 Å². The molecule has 19 heavy (non-hydrogen) atoms. The molecule has 0 aromatic heterocycles. The first-order valence-corrected chi connectivity index (χ1v) is 8.41. The second-order valence-corrected chi connectivity index (χ2v) is 6.87. The third-order valence-electron chi connectivity index (χ3n) is 4.02. The molecule has 1 aromatic carbocycles. The van der Waals surface area contributed by atoms with E-state index >= 15 is 0 Å². The van der Waals surface area contributed by atoms with Gasteiger partial charge in [0, 0.05) is 27.5 Å². The number of benzene rings is 1. The van der Waals surface area contributed by atoms with Gasteiger partial charge in [-0.2, -0.15) is 0 Å². The molecule has 0 spiro atoms. The SMILES string of the molecule is CCC1OCCC1C(NC)c1cc(Br)c(C)cc1Br. The van der Waals surface area contributed by atoms with Crippen molar-refractivity contribution in [2.45, 2.75) is 38.8 Å². The summed E-state index contributed by atoms with van der Waals surface area (Å²) in [4.78, 5) is 0. The zero-order chi connectivity index (χ0) is 14.0. The maximum absolute atomic E-state index is 5.85. The van der Waals surface area contributed by atoms with Crippen LogP contribution >= 0.6 is 31.9 Å². The minimum absolute atomic E-state index is 0.332. The number of aryl methyl sites for hydroxylation is 1. The highest BCUT2D eigenvalue weighted by atomic mass is 79.9. The Morgan fingerprint density at radius 2 is 2.11 bits per heavy atom. The van der Waals surface area contributed by atoms with E-state index in [0.717, 1.165) is 23.9 Å². The Labute approximate surface area is 132 Å². The number of nitrogens with one attached hydrogen (secondary N) is 1. The number of ether oxygens (including phenoxy) is 1. The summed E-state index contributed by atoms with van der Waals surface area (Å²) >= 11 is 7.35. The van der Waals surface area contributed by atoms with Crippen molar-refractivity contribution in [2.75, 3.05) is 13.7 Å². The van der Waals surface area contributed by atoms with Crippen LogP contribution in [0.15, 0.2) is 21.1 Å². The predicted molar refractivity (Wildman–Crippen MR) is 86.5 cm³/mol. The van der Waals surface area contributed by atoms with Gasteiger partial charge in [-0.25, -0.2) is 0 Å². The molecule has 2 rings (SSSR count). The number of rotatable bonds is 4. The molecule has 1 aliphatic rings. The molecule has 1 aliphatic heterocycles. The van der Waals surface area contributed by atoms with Crippen molar-refractivity contribution in [1.29, 1.82) is 0 Å². The molecule has 1 N–H and O–H groups in total. The van der Waals surface area contributed by atoms with Crippen molar-refractivity contribution in [3.8, 4) is 0 Å². The van der Waals surface area contributed by atoms with Gasteiger partial charge in [-0.3, -0.25) is 0 Å². The Hall–Kier alpha value is 0.1000. The molecule has 4 heteroatoms. The summed E-state index contributed by atoms with van der Waals surface area (Å²) in [5.41, 5.74) is 2.56. The van der Waals surface area contributed by atoms with Crippen LogP contribution < -0.4 is 5.32 Å². The first-order chi connectivity index (χ1) is 9.08. The molecule has 0 saturated carbocycles. The standard InChI is InChI=1S/C15H21Br2NO/c1-4-14-10(5-6-19-14)15(18-3)11-8-12(16)9(2)7-13(11)17/h7-8,10,14-15,18H,4-6H2,1-3H3. The van der Waals surface area contributed by atoms with Crippen LogP contribution in [0.3, 0.4) is 0 Å². The summed E-state index contributed by atoms with van der Waals surface area (Å²) < 4.78 is 8.19. The van der Waals surface area contributed by atoms with Crippen LogP contribution in [0.1, 0.15) is 36.9 Å². The molecule has 2 nitrogen and oxygen atoms in total. The molecule has 106 valence electrons. The van der Waals surface area contributed by atoms with Crippen molar-refractivity contribution >= 4 is 31.9 Å². The first kappa shape index (κ1) is 15.5. The van der Waals surface area contributed by atoms with Crippen LogP contribution in [0, 0.1) is 12.8 Å². The first-order valence-electron chi connectivity index (χ1n) is 6.82. The van der Waals surface area contributed by atoms with Crippen LogP contribution in [0.2, 0.25) is 0 Å². The Kier molecular flexibility index (Phi) is 5.46. The zero-order valence-corrected chi connectivity index (χ0v) is 14.8. The summed E-state index contributed by atoms with van der Waals surface area (Å²) in [6, 6.07) is 4.74. The number of hydrogen-bond acceptors (Lipinski definition) is 2. The van der Waals surface area contributed by atoms with Gasteiger partial charge in [0.2, 0.25) is 0 Å². The minimum Gasteiger partial charge on any atom is -0.378 e. The van der Waals surface area contributed by atoms with E-state index in [-0.39, 0.29) is 0 Å². The second kappa shape index (κ2) is 6.70. The highest BCUT2D eigenvalue weighted by Crippen LogP contribution is 2.39. The van der Waals surface area contributed by atoms with E-state index in [1.54, 1.807) is 0 Å². The molecule has 1 heterocycles. The van der Waals surface area contributed by atoms with Crippen LogP contribution in [0.5, 0.6) is 0 Å². The topological polar surface area (TPSA) is 21.3 Å². The van der Waals surface area contributed by atoms with Gasteiger partial charge in [-0.1, -0.05) is 38.8 Å². The minimum atomic E-state index is 0.332. The average molecular weight is 391 g/mol. The molecule has 0 amide bonds. The normalized spacial score (nSPS) is 24.7. The molecular weight excluding hydrogens is 370 g/mol. The highest BCUT2D eigenvalue weighted by molar-refractivity contribution is 9.11. The third kappa shape index (κ3) is 3.23. The average Bonchev–Trinajstić information content (AvgIpc) is 2.84. The fourth-order valence-corrected chi connectivity index (χ4v) is 4.03. The van der Waals surface area contributed by atoms with Crippen molar-refractivity contribution in [1.82, 2.24) is 5.32 Å². The van der Waals surface area contributed by atoms with Crippen molar-refractivity contribution in [3.05, 3.63) is 32.2 Å². The Morgan fingerprint density at radius 3 is 2.74 bits per heavy atom. The van der Waals surface area contributed by atoms with Crippen LogP contribution in [0.4, 0.5) is 0 Å². The van der Waals surface area contributed by atoms with Gasteiger partial charge in [-0.15, -0.1) is 0 Å². The molecule has 0 bridgehead atoms. The second-order valence-electron chi connectivity index (χ2n) is 5.16. The van der Waals surface area contributed by atoms with Gasteiger partial charge in [0.1, 0.15) is 0 Å². The molecule has 0 radical (unpaired) electrons. The summed E-state index contributed by atoms with van der Waals surface area (Å²) in [5, 5.41) is 3.48. The fraction of sp³-hybridized carbons (Fsp3) is 0.600. The molecule has 1 saturated heterocycles. The Morgan fingerprint density at radius 1 is 1.37 bits per heavy atom.